The van der Waals surface area contributed by atoms with E-state index in [2.05, 4.69) is 15.1 Å². The molecule has 1 atom stereocenters. The van der Waals surface area contributed by atoms with Gasteiger partial charge in [0, 0.05) is 19.6 Å². The van der Waals surface area contributed by atoms with Gasteiger partial charge in [0.25, 0.3) is 5.91 Å². The van der Waals surface area contributed by atoms with Gasteiger partial charge in [-0.2, -0.15) is 4.98 Å². The van der Waals surface area contributed by atoms with Crippen LogP contribution in [0, 0.1) is 12.8 Å². The smallest absolute Gasteiger partial charge is 0.292 e. The van der Waals surface area contributed by atoms with Crippen LogP contribution in [-0.2, 0) is 11.2 Å². The Bertz CT molecular complexity index is 737. The van der Waals surface area contributed by atoms with Crippen LogP contribution in [0.25, 0.3) is 0 Å². The van der Waals surface area contributed by atoms with Gasteiger partial charge in [0.2, 0.25) is 11.7 Å². The minimum absolute atomic E-state index is 0.176. The molecule has 0 radical (unpaired) electrons. The quantitative estimate of drug-likeness (QED) is 0.710. The van der Waals surface area contributed by atoms with Crippen molar-refractivity contribution in [1.29, 1.82) is 0 Å². The SMILES string of the molecule is Cc1ncoc1C(=O)N1CCCC1c1nc(CCOCC2CC2)no1. The van der Waals surface area contributed by atoms with Crippen molar-refractivity contribution in [3.63, 3.8) is 0 Å². The number of nitrogens with zero attached hydrogens (tertiary/aromatic N) is 4. The molecule has 1 aliphatic heterocycles. The molecule has 0 aromatic carbocycles. The topological polar surface area (TPSA) is 94.5 Å². The predicted molar refractivity (Wildman–Crippen MR) is 85.8 cm³/mol. The molecule has 1 unspecified atom stereocenters. The van der Waals surface area contributed by atoms with Gasteiger partial charge in [0.15, 0.2) is 12.2 Å². The van der Waals surface area contributed by atoms with Crippen LogP contribution in [0.5, 0.6) is 0 Å². The predicted octanol–water partition coefficient (Wildman–Crippen LogP) is 2.31. The van der Waals surface area contributed by atoms with E-state index in [1.807, 2.05) is 0 Å². The van der Waals surface area contributed by atoms with E-state index in [9.17, 15) is 4.79 Å². The van der Waals surface area contributed by atoms with Gasteiger partial charge in [-0.05, 0) is 38.5 Å². The second-order valence-electron chi connectivity index (χ2n) is 6.74. The summed E-state index contributed by atoms with van der Waals surface area (Å²) in [5.41, 5.74) is 0.592. The van der Waals surface area contributed by atoms with Gasteiger partial charge in [-0.15, -0.1) is 0 Å². The zero-order valence-corrected chi connectivity index (χ0v) is 14.3. The van der Waals surface area contributed by atoms with Gasteiger partial charge in [-0.3, -0.25) is 4.79 Å². The van der Waals surface area contributed by atoms with Crippen molar-refractivity contribution in [2.75, 3.05) is 19.8 Å². The highest BCUT2D eigenvalue weighted by atomic mass is 16.5. The van der Waals surface area contributed by atoms with E-state index in [-0.39, 0.29) is 17.7 Å². The fourth-order valence-electron chi connectivity index (χ4n) is 3.11. The monoisotopic (exact) mass is 346 g/mol. The Morgan fingerprint density at radius 2 is 2.28 bits per heavy atom. The van der Waals surface area contributed by atoms with Crippen LogP contribution in [-0.4, -0.2) is 45.7 Å². The van der Waals surface area contributed by atoms with E-state index in [1.165, 1.54) is 19.2 Å². The maximum absolute atomic E-state index is 12.7. The number of hydrogen-bond acceptors (Lipinski definition) is 7. The molecule has 1 aliphatic carbocycles. The Hall–Kier alpha value is -2.22. The molecule has 2 aromatic heterocycles. The molecule has 1 saturated heterocycles. The van der Waals surface area contributed by atoms with E-state index in [0.29, 0.717) is 37.0 Å². The van der Waals surface area contributed by atoms with Gasteiger partial charge < -0.3 is 18.6 Å². The number of carbonyl (C=O) groups is 1. The number of amides is 1. The molecule has 8 nitrogen and oxygen atoms in total. The third kappa shape index (κ3) is 3.58. The largest absolute Gasteiger partial charge is 0.438 e. The molecule has 0 N–H and O–H groups in total. The van der Waals surface area contributed by atoms with Crippen molar-refractivity contribution in [3.05, 3.63) is 29.6 Å². The molecule has 2 aliphatic rings. The number of aromatic nitrogens is 3. The Kier molecular flexibility index (Phi) is 4.52. The summed E-state index contributed by atoms with van der Waals surface area (Å²) in [4.78, 5) is 22.9. The molecule has 25 heavy (non-hydrogen) atoms. The molecule has 134 valence electrons. The first-order valence-electron chi connectivity index (χ1n) is 8.83. The van der Waals surface area contributed by atoms with Crippen LogP contribution in [0.4, 0.5) is 0 Å². The van der Waals surface area contributed by atoms with Crippen LogP contribution < -0.4 is 0 Å². The van der Waals surface area contributed by atoms with Crippen molar-refractivity contribution in [2.24, 2.45) is 5.92 Å². The average Bonchev–Trinajstić information content (AvgIpc) is 3.02. The third-order valence-corrected chi connectivity index (χ3v) is 4.74. The van der Waals surface area contributed by atoms with Gasteiger partial charge in [0.1, 0.15) is 6.04 Å². The lowest BCUT2D eigenvalue weighted by Gasteiger charge is -2.20. The zero-order chi connectivity index (χ0) is 17.2. The third-order valence-electron chi connectivity index (χ3n) is 4.74. The fraction of sp³-hybridized carbons (Fsp3) is 0.647. The highest BCUT2D eigenvalue weighted by Crippen LogP contribution is 2.32. The van der Waals surface area contributed by atoms with E-state index < -0.39 is 0 Å². The van der Waals surface area contributed by atoms with Crippen LogP contribution in [0.1, 0.15) is 59.7 Å². The minimum atomic E-state index is -0.203. The number of carbonyl (C=O) groups excluding carboxylic acids is 1. The van der Waals surface area contributed by atoms with Crippen molar-refractivity contribution in [2.45, 2.75) is 45.1 Å². The molecule has 0 spiro atoms. The second kappa shape index (κ2) is 6.95. The zero-order valence-electron chi connectivity index (χ0n) is 14.3. The number of likely N-dealkylation sites (tertiary alicyclic amines) is 1. The van der Waals surface area contributed by atoms with Crippen LogP contribution in [0.3, 0.4) is 0 Å². The lowest BCUT2D eigenvalue weighted by molar-refractivity contribution is 0.0677. The number of hydrogen-bond donors (Lipinski definition) is 0. The van der Waals surface area contributed by atoms with E-state index in [1.54, 1.807) is 11.8 Å². The van der Waals surface area contributed by atoms with Gasteiger partial charge >= 0.3 is 0 Å². The number of aryl methyl sites for hydroxylation is 1. The van der Waals surface area contributed by atoms with Crippen molar-refractivity contribution in [1.82, 2.24) is 20.0 Å². The number of rotatable bonds is 7. The van der Waals surface area contributed by atoms with Crippen molar-refractivity contribution >= 4 is 5.91 Å². The molecular formula is C17H22N4O4. The summed E-state index contributed by atoms with van der Waals surface area (Å²) < 4.78 is 16.3. The van der Waals surface area contributed by atoms with Crippen LogP contribution in [0.2, 0.25) is 0 Å². The Morgan fingerprint density at radius 1 is 1.40 bits per heavy atom. The maximum atomic E-state index is 12.7. The highest BCUT2D eigenvalue weighted by Gasteiger charge is 2.36. The normalized spacial score (nSPS) is 20.4. The van der Waals surface area contributed by atoms with E-state index in [0.717, 1.165) is 25.4 Å². The number of oxazole rings is 1. The van der Waals surface area contributed by atoms with Crippen molar-refractivity contribution < 1.29 is 18.5 Å². The molecular weight excluding hydrogens is 324 g/mol. The summed E-state index contributed by atoms with van der Waals surface area (Å²) in [6.07, 6.45) is 6.17. The van der Waals surface area contributed by atoms with Gasteiger partial charge in [0.05, 0.1) is 12.3 Å². The molecule has 1 saturated carbocycles. The molecule has 8 heteroatoms. The first-order valence-corrected chi connectivity index (χ1v) is 8.83. The average molecular weight is 346 g/mol. The molecule has 3 heterocycles. The standard InChI is InChI=1S/C17H22N4O4/c1-11-15(24-10-18-11)17(22)21-7-2-3-13(21)16-19-14(20-25-16)6-8-23-9-12-4-5-12/h10,12-13H,2-9H2,1H3. The molecule has 4 rings (SSSR count). The molecule has 2 fully saturated rings. The summed E-state index contributed by atoms with van der Waals surface area (Å²) in [6.45, 7) is 3.83. The van der Waals surface area contributed by atoms with E-state index in [4.69, 9.17) is 13.7 Å². The Morgan fingerprint density at radius 3 is 3.04 bits per heavy atom. The molecule has 2 aromatic rings. The number of ether oxygens (including phenoxy) is 1. The minimum Gasteiger partial charge on any atom is -0.438 e. The van der Waals surface area contributed by atoms with Gasteiger partial charge in [-0.1, -0.05) is 5.16 Å². The molecule has 1 amide bonds. The Balaban J connectivity index is 1.38. The van der Waals surface area contributed by atoms with E-state index >= 15 is 0 Å². The van der Waals surface area contributed by atoms with Crippen molar-refractivity contribution in [3.8, 4) is 0 Å². The summed E-state index contributed by atoms with van der Waals surface area (Å²) in [5, 5.41) is 4.03. The first-order chi connectivity index (χ1) is 12.2. The van der Waals surface area contributed by atoms with Crippen LogP contribution >= 0.6 is 0 Å². The molecule has 0 bridgehead atoms. The lowest BCUT2D eigenvalue weighted by atomic mass is 10.2. The maximum Gasteiger partial charge on any atom is 0.292 e. The Labute approximate surface area is 145 Å². The summed E-state index contributed by atoms with van der Waals surface area (Å²) >= 11 is 0. The first kappa shape index (κ1) is 16.3. The lowest BCUT2D eigenvalue weighted by Crippen LogP contribution is -2.31. The summed E-state index contributed by atoms with van der Waals surface area (Å²) in [5.74, 6) is 1.96. The summed E-state index contributed by atoms with van der Waals surface area (Å²) in [7, 11) is 0. The highest BCUT2D eigenvalue weighted by molar-refractivity contribution is 5.92. The summed E-state index contributed by atoms with van der Waals surface area (Å²) in [6, 6.07) is -0.203. The second-order valence-corrected chi connectivity index (χ2v) is 6.74. The van der Waals surface area contributed by atoms with Crippen LogP contribution in [0.15, 0.2) is 15.3 Å². The van der Waals surface area contributed by atoms with Gasteiger partial charge in [-0.25, -0.2) is 4.98 Å². The fourth-order valence-corrected chi connectivity index (χ4v) is 3.11.